The third kappa shape index (κ3) is 1.87. The predicted molar refractivity (Wildman–Crippen MR) is 59.2 cm³/mol. The van der Waals surface area contributed by atoms with E-state index >= 15 is 0 Å². The smallest absolute Gasteiger partial charge is 0.181 e. The van der Waals surface area contributed by atoms with E-state index in [9.17, 15) is 0 Å². The van der Waals surface area contributed by atoms with Crippen molar-refractivity contribution < 1.29 is 4.74 Å². The second kappa shape index (κ2) is 4.18. The maximum absolute atomic E-state index is 5.19. The lowest BCUT2D eigenvalue weighted by Crippen LogP contribution is -1.95. The molecular weight excluding hydrogens is 210 g/mol. The molecular formula is C10H9N3OS. The molecule has 2 aromatic heterocycles. The number of nitrogens with one attached hydrogen (secondary N) is 1. The van der Waals surface area contributed by atoms with Crippen molar-refractivity contribution in [1.82, 2.24) is 15.0 Å². The minimum absolute atomic E-state index is 0.428. The van der Waals surface area contributed by atoms with Gasteiger partial charge >= 0.3 is 0 Å². The quantitative estimate of drug-likeness (QED) is 0.787. The van der Waals surface area contributed by atoms with Gasteiger partial charge in [0.25, 0.3) is 0 Å². The van der Waals surface area contributed by atoms with Gasteiger partial charge in [0.2, 0.25) is 0 Å². The van der Waals surface area contributed by atoms with E-state index in [1.807, 2.05) is 18.2 Å². The van der Waals surface area contributed by atoms with Crippen LogP contribution >= 0.6 is 12.2 Å². The van der Waals surface area contributed by atoms with Crippen LogP contribution in [0.15, 0.2) is 30.7 Å². The highest BCUT2D eigenvalue weighted by Crippen LogP contribution is 2.25. The molecule has 0 aromatic carbocycles. The summed E-state index contributed by atoms with van der Waals surface area (Å²) in [6.07, 6.45) is 3.25. The molecule has 0 radical (unpaired) electrons. The van der Waals surface area contributed by atoms with Gasteiger partial charge in [-0.15, -0.1) is 0 Å². The molecule has 5 heteroatoms. The average Bonchev–Trinajstić information content (AvgIpc) is 2.30. The average molecular weight is 219 g/mol. The molecule has 1 N–H and O–H groups in total. The van der Waals surface area contributed by atoms with Crippen LogP contribution in [-0.2, 0) is 0 Å². The zero-order valence-corrected chi connectivity index (χ0v) is 8.91. The fourth-order valence-corrected chi connectivity index (χ4v) is 1.51. The Hall–Kier alpha value is -1.75. The molecule has 0 aliphatic rings. The number of pyridine rings is 1. The molecule has 2 heterocycles. The number of ether oxygens (including phenoxy) is 1. The molecule has 4 nitrogen and oxygen atoms in total. The van der Waals surface area contributed by atoms with Crippen LogP contribution in [0.2, 0.25) is 0 Å². The van der Waals surface area contributed by atoms with Crippen LogP contribution in [-0.4, -0.2) is 22.1 Å². The molecule has 0 atom stereocenters. The van der Waals surface area contributed by atoms with E-state index in [2.05, 4.69) is 15.0 Å². The standard InChI is InChI=1S/C10H9N3OS/c1-14-9-8(12-6-13-10(9)15)7-4-2-3-5-11-7/h2-6H,1H3,(H,12,13,15). The number of aromatic nitrogens is 3. The molecule has 2 aromatic rings. The van der Waals surface area contributed by atoms with Gasteiger partial charge < -0.3 is 9.72 Å². The Morgan fingerprint density at radius 3 is 2.87 bits per heavy atom. The van der Waals surface area contributed by atoms with Gasteiger partial charge in [-0.1, -0.05) is 18.3 Å². The van der Waals surface area contributed by atoms with E-state index in [1.165, 1.54) is 6.33 Å². The molecule has 0 saturated carbocycles. The van der Waals surface area contributed by atoms with Crippen LogP contribution in [0.4, 0.5) is 0 Å². The van der Waals surface area contributed by atoms with Crippen LogP contribution in [0, 0.1) is 4.64 Å². The molecule has 2 rings (SSSR count). The van der Waals surface area contributed by atoms with E-state index in [-0.39, 0.29) is 0 Å². The predicted octanol–water partition coefficient (Wildman–Crippen LogP) is 2.21. The van der Waals surface area contributed by atoms with Crippen molar-refractivity contribution in [3.8, 4) is 17.1 Å². The fourth-order valence-electron chi connectivity index (χ4n) is 1.28. The number of rotatable bonds is 2. The summed E-state index contributed by atoms with van der Waals surface area (Å²) < 4.78 is 5.62. The topological polar surface area (TPSA) is 50.8 Å². The Balaban J connectivity index is 2.63. The van der Waals surface area contributed by atoms with E-state index in [1.54, 1.807) is 13.3 Å². The lowest BCUT2D eigenvalue weighted by molar-refractivity contribution is 0.410. The molecule has 0 unspecified atom stereocenters. The first kappa shape index (κ1) is 9.79. The first-order chi connectivity index (χ1) is 7.33. The zero-order valence-electron chi connectivity index (χ0n) is 8.10. The Kier molecular flexibility index (Phi) is 2.73. The van der Waals surface area contributed by atoms with E-state index in [0.717, 1.165) is 11.4 Å². The van der Waals surface area contributed by atoms with Crippen LogP contribution in [0.3, 0.4) is 0 Å². The second-order valence-electron chi connectivity index (χ2n) is 2.83. The largest absolute Gasteiger partial charge is 0.491 e. The van der Waals surface area contributed by atoms with E-state index in [4.69, 9.17) is 17.0 Å². The number of methoxy groups -OCH3 is 1. The molecule has 0 fully saturated rings. The SMILES string of the molecule is COc1c(-c2ccccn2)[nH]cnc1=S. The minimum Gasteiger partial charge on any atom is -0.491 e. The monoisotopic (exact) mass is 219 g/mol. The van der Waals surface area contributed by atoms with Crippen molar-refractivity contribution in [1.29, 1.82) is 0 Å². The van der Waals surface area contributed by atoms with Gasteiger partial charge in [-0.05, 0) is 12.1 Å². The Morgan fingerprint density at radius 2 is 2.20 bits per heavy atom. The van der Waals surface area contributed by atoms with Crippen LogP contribution in [0.1, 0.15) is 0 Å². The van der Waals surface area contributed by atoms with Gasteiger partial charge in [0.05, 0.1) is 19.1 Å². The highest BCUT2D eigenvalue weighted by atomic mass is 32.1. The molecule has 0 aliphatic carbocycles. The number of H-pyrrole nitrogens is 1. The molecule has 0 spiro atoms. The summed E-state index contributed by atoms with van der Waals surface area (Å²) >= 11 is 5.05. The molecule has 0 bridgehead atoms. The lowest BCUT2D eigenvalue weighted by Gasteiger charge is -2.06. The molecule has 0 aliphatic heterocycles. The summed E-state index contributed by atoms with van der Waals surface area (Å²) in [6, 6.07) is 5.63. The van der Waals surface area contributed by atoms with Crippen molar-refractivity contribution in [2.45, 2.75) is 0 Å². The van der Waals surface area contributed by atoms with Gasteiger partial charge in [-0.3, -0.25) is 4.98 Å². The van der Waals surface area contributed by atoms with Gasteiger partial charge in [-0.25, -0.2) is 4.98 Å². The summed E-state index contributed by atoms with van der Waals surface area (Å²) in [4.78, 5) is 11.1. The van der Waals surface area contributed by atoms with Gasteiger partial charge in [0.1, 0.15) is 5.69 Å². The van der Waals surface area contributed by atoms with Crippen molar-refractivity contribution in [2.75, 3.05) is 7.11 Å². The maximum atomic E-state index is 5.19. The lowest BCUT2D eigenvalue weighted by atomic mass is 10.2. The fraction of sp³-hybridized carbons (Fsp3) is 0.100. The third-order valence-electron chi connectivity index (χ3n) is 1.94. The first-order valence-electron chi connectivity index (χ1n) is 4.36. The van der Waals surface area contributed by atoms with Gasteiger partial charge in [-0.2, -0.15) is 0 Å². The molecule has 0 saturated heterocycles. The van der Waals surface area contributed by atoms with Crippen molar-refractivity contribution in [3.63, 3.8) is 0 Å². The second-order valence-corrected chi connectivity index (χ2v) is 3.22. The normalized spacial score (nSPS) is 9.93. The Labute approximate surface area is 92.0 Å². The van der Waals surface area contributed by atoms with Crippen LogP contribution < -0.4 is 4.74 Å². The van der Waals surface area contributed by atoms with Crippen LogP contribution in [0.5, 0.6) is 5.75 Å². The van der Waals surface area contributed by atoms with Crippen molar-refractivity contribution in [2.24, 2.45) is 0 Å². The summed E-state index contributed by atoms with van der Waals surface area (Å²) in [5.41, 5.74) is 1.53. The van der Waals surface area contributed by atoms with Gasteiger partial charge in [0, 0.05) is 6.20 Å². The van der Waals surface area contributed by atoms with E-state index in [0.29, 0.717) is 10.4 Å². The summed E-state index contributed by atoms with van der Waals surface area (Å²) in [5, 5.41) is 0. The summed E-state index contributed by atoms with van der Waals surface area (Å²) in [5.74, 6) is 0.547. The Bertz CT molecular complexity index is 510. The van der Waals surface area contributed by atoms with Gasteiger partial charge in [0.15, 0.2) is 10.4 Å². The summed E-state index contributed by atoms with van der Waals surface area (Å²) in [7, 11) is 1.56. The van der Waals surface area contributed by atoms with Crippen molar-refractivity contribution >= 4 is 12.2 Å². The molecule has 0 amide bonds. The first-order valence-corrected chi connectivity index (χ1v) is 4.77. The highest BCUT2D eigenvalue weighted by Gasteiger charge is 2.08. The zero-order chi connectivity index (χ0) is 10.7. The highest BCUT2D eigenvalue weighted by molar-refractivity contribution is 7.71. The van der Waals surface area contributed by atoms with Crippen molar-refractivity contribution in [3.05, 3.63) is 35.4 Å². The number of hydrogen-bond donors (Lipinski definition) is 1. The minimum atomic E-state index is 0.428. The molecule has 76 valence electrons. The number of nitrogens with zero attached hydrogens (tertiary/aromatic N) is 2. The Morgan fingerprint density at radius 1 is 1.33 bits per heavy atom. The maximum Gasteiger partial charge on any atom is 0.181 e. The number of aromatic amines is 1. The summed E-state index contributed by atoms with van der Waals surface area (Å²) in [6.45, 7) is 0. The van der Waals surface area contributed by atoms with E-state index < -0.39 is 0 Å². The third-order valence-corrected chi connectivity index (χ3v) is 2.23. The van der Waals surface area contributed by atoms with Crippen LogP contribution in [0.25, 0.3) is 11.4 Å². The molecule has 15 heavy (non-hydrogen) atoms. The number of hydrogen-bond acceptors (Lipinski definition) is 4.